The van der Waals surface area contributed by atoms with Gasteiger partial charge in [0.2, 0.25) is 5.91 Å². The average Bonchev–Trinajstić information content (AvgIpc) is 2.53. The summed E-state index contributed by atoms with van der Waals surface area (Å²) in [6.07, 6.45) is 0. The predicted octanol–water partition coefficient (Wildman–Crippen LogP) is 3.54. The SMILES string of the molecule is CC(=O)N(CCNC(=O)c1ccc(Br)cc1)c1ccccc1C. The standard InChI is InChI=1S/C18H19BrN2O2/c1-13-5-3-4-6-17(13)21(14(2)22)12-11-20-18(23)15-7-9-16(19)10-8-15/h3-10H,11-12H2,1-2H3,(H,20,23). The van der Waals surface area contributed by atoms with Gasteiger partial charge in [-0.25, -0.2) is 0 Å². The van der Waals surface area contributed by atoms with Gasteiger partial charge in [0.05, 0.1) is 0 Å². The number of aryl methyl sites for hydroxylation is 1. The monoisotopic (exact) mass is 374 g/mol. The van der Waals surface area contributed by atoms with Gasteiger partial charge in [0, 0.05) is 35.7 Å². The highest BCUT2D eigenvalue weighted by molar-refractivity contribution is 9.10. The van der Waals surface area contributed by atoms with Gasteiger partial charge in [0.1, 0.15) is 0 Å². The number of hydrogen-bond acceptors (Lipinski definition) is 2. The fourth-order valence-electron chi connectivity index (χ4n) is 2.30. The second-order valence-electron chi connectivity index (χ2n) is 5.22. The van der Waals surface area contributed by atoms with Crippen molar-refractivity contribution in [1.82, 2.24) is 5.32 Å². The number of nitrogens with zero attached hydrogens (tertiary/aromatic N) is 1. The van der Waals surface area contributed by atoms with Crippen LogP contribution < -0.4 is 10.2 Å². The second kappa shape index (κ2) is 7.92. The zero-order valence-electron chi connectivity index (χ0n) is 13.2. The summed E-state index contributed by atoms with van der Waals surface area (Å²) in [5.74, 6) is -0.192. The summed E-state index contributed by atoms with van der Waals surface area (Å²) >= 11 is 3.34. The molecule has 0 fully saturated rings. The van der Waals surface area contributed by atoms with E-state index in [9.17, 15) is 9.59 Å². The maximum atomic E-state index is 12.1. The molecule has 120 valence electrons. The van der Waals surface area contributed by atoms with Gasteiger partial charge in [0.25, 0.3) is 5.91 Å². The fourth-order valence-corrected chi connectivity index (χ4v) is 2.56. The number of carbonyl (C=O) groups excluding carboxylic acids is 2. The minimum atomic E-state index is -0.147. The van der Waals surface area contributed by atoms with Crippen LogP contribution in [0.25, 0.3) is 0 Å². The largest absolute Gasteiger partial charge is 0.350 e. The van der Waals surface area contributed by atoms with Crippen molar-refractivity contribution in [2.45, 2.75) is 13.8 Å². The van der Waals surface area contributed by atoms with Crippen molar-refractivity contribution >= 4 is 33.4 Å². The molecule has 0 saturated heterocycles. The molecule has 4 nitrogen and oxygen atoms in total. The third-order valence-corrected chi connectivity index (χ3v) is 4.04. The molecule has 0 aliphatic carbocycles. The summed E-state index contributed by atoms with van der Waals surface area (Å²) in [7, 11) is 0. The normalized spacial score (nSPS) is 10.2. The number of nitrogens with one attached hydrogen (secondary N) is 1. The number of rotatable bonds is 5. The first-order valence-electron chi connectivity index (χ1n) is 7.36. The van der Waals surface area contributed by atoms with Crippen LogP contribution in [-0.4, -0.2) is 24.9 Å². The highest BCUT2D eigenvalue weighted by Crippen LogP contribution is 2.19. The van der Waals surface area contributed by atoms with Crippen LogP contribution in [0.15, 0.2) is 53.0 Å². The molecule has 2 aromatic carbocycles. The Morgan fingerprint density at radius 3 is 2.35 bits per heavy atom. The lowest BCUT2D eigenvalue weighted by Crippen LogP contribution is -2.37. The lowest BCUT2D eigenvalue weighted by Gasteiger charge is -2.23. The Labute approximate surface area is 144 Å². The first-order chi connectivity index (χ1) is 11.0. The molecule has 2 aromatic rings. The molecule has 0 aliphatic heterocycles. The Bertz CT molecular complexity index is 698. The van der Waals surface area contributed by atoms with E-state index >= 15 is 0 Å². The van der Waals surface area contributed by atoms with E-state index in [1.807, 2.05) is 43.3 Å². The summed E-state index contributed by atoms with van der Waals surface area (Å²) in [6, 6.07) is 14.9. The Morgan fingerprint density at radius 2 is 1.74 bits per heavy atom. The third kappa shape index (κ3) is 4.66. The zero-order chi connectivity index (χ0) is 16.8. The van der Waals surface area contributed by atoms with Crippen molar-refractivity contribution in [1.29, 1.82) is 0 Å². The van der Waals surface area contributed by atoms with Gasteiger partial charge < -0.3 is 10.2 Å². The summed E-state index contributed by atoms with van der Waals surface area (Å²) < 4.78 is 0.927. The van der Waals surface area contributed by atoms with Crippen LogP contribution >= 0.6 is 15.9 Å². The van der Waals surface area contributed by atoms with Crippen LogP contribution in [0, 0.1) is 6.92 Å². The van der Waals surface area contributed by atoms with Crippen LogP contribution in [0.3, 0.4) is 0 Å². The van der Waals surface area contributed by atoms with Gasteiger partial charge in [-0.15, -0.1) is 0 Å². The summed E-state index contributed by atoms with van der Waals surface area (Å²) in [4.78, 5) is 25.6. The summed E-state index contributed by atoms with van der Waals surface area (Å²) in [5.41, 5.74) is 2.50. The van der Waals surface area contributed by atoms with Crippen LogP contribution in [0.2, 0.25) is 0 Å². The lowest BCUT2D eigenvalue weighted by molar-refractivity contribution is -0.116. The van der Waals surface area contributed by atoms with Crippen molar-refractivity contribution in [3.63, 3.8) is 0 Å². The summed E-state index contributed by atoms with van der Waals surface area (Å²) in [5, 5.41) is 2.84. The first-order valence-corrected chi connectivity index (χ1v) is 8.16. The fraction of sp³-hybridized carbons (Fsp3) is 0.222. The van der Waals surface area contributed by atoms with E-state index in [1.165, 1.54) is 6.92 Å². The smallest absolute Gasteiger partial charge is 0.251 e. The number of amides is 2. The van der Waals surface area contributed by atoms with E-state index in [0.29, 0.717) is 18.7 Å². The molecule has 0 heterocycles. The number of hydrogen-bond donors (Lipinski definition) is 1. The highest BCUT2D eigenvalue weighted by Gasteiger charge is 2.13. The van der Waals surface area contributed by atoms with Gasteiger partial charge in [-0.2, -0.15) is 0 Å². The molecule has 0 aliphatic rings. The number of para-hydroxylation sites is 1. The lowest BCUT2D eigenvalue weighted by atomic mass is 10.2. The van der Waals surface area contributed by atoms with Crippen molar-refractivity contribution in [2.75, 3.05) is 18.0 Å². The number of anilines is 1. The van der Waals surface area contributed by atoms with Crippen molar-refractivity contribution in [3.8, 4) is 0 Å². The maximum Gasteiger partial charge on any atom is 0.251 e. The van der Waals surface area contributed by atoms with Gasteiger partial charge in [-0.1, -0.05) is 34.1 Å². The molecule has 0 bridgehead atoms. The first kappa shape index (κ1) is 17.2. The molecule has 0 atom stereocenters. The molecule has 2 amide bonds. The van der Waals surface area contributed by atoms with Gasteiger partial charge >= 0.3 is 0 Å². The predicted molar refractivity (Wildman–Crippen MR) is 95.7 cm³/mol. The molecule has 23 heavy (non-hydrogen) atoms. The van der Waals surface area contributed by atoms with E-state index in [1.54, 1.807) is 17.0 Å². The molecule has 5 heteroatoms. The van der Waals surface area contributed by atoms with Gasteiger partial charge in [-0.3, -0.25) is 9.59 Å². The van der Waals surface area contributed by atoms with E-state index in [-0.39, 0.29) is 11.8 Å². The van der Waals surface area contributed by atoms with Crippen LogP contribution in [0.5, 0.6) is 0 Å². The Balaban J connectivity index is 1.97. The second-order valence-corrected chi connectivity index (χ2v) is 6.14. The molecule has 2 rings (SSSR count). The van der Waals surface area contributed by atoms with Crippen LogP contribution in [-0.2, 0) is 4.79 Å². The molecule has 0 saturated carbocycles. The minimum Gasteiger partial charge on any atom is -0.350 e. The molecule has 0 radical (unpaired) electrons. The topological polar surface area (TPSA) is 49.4 Å². The molecular weight excluding hydrogens is 356 g/mol. The van der Waals surface area contributed by atoms with E-state index in [2.05, 4.69) is 21.2 Å². The van der Waals surface area contributed by atoms with Crippen LogP contribution in [0.1, 0.15) is 22.8 Å². The van der Waals surface area contributed by atoms with Gasteiger partial charge in [0.15, 0.2) is 0 Å². The third-order valence-electron chi connectivity index (χ3n) is 3.51. The zero-order valence-corrected chi connectivity index (χ0v) is 14.8. The minimum absolute atomic E-state index is 0.0443. The van der Waals surface area contributed by atoms with Crippen molar-refractivity contribution in [2.24, 2.45) is 0 Å². The van der Waals surface area contributed by atoms with Crippen molar-refractivity contribution < 1.29 is 9.59 Å². The van der Waals surface area contributed by atoms with Gasteiger partial charge in [-0.05, 0) is 42.8 Å². The maximum absolute atomic E-state index is 12.1. The number of halogens is 1. The quantitative estimate of drug-likeness (QED) is 0.869. The number of carbonyl (C=O) groups is 2. The average molecular weight is 375 g/mol. The van der Waals surface area contributed by atoms with E-state index < -0.39 is 0 Å². The number of benzene rings is 2. The van der Waals surface area contributed by atoms with Crippen molar-refractivity contribution in [3.05, 3.63) is 64.1 Å². The van der Waals surface area contributed by atoms with E-state index in [4.69, 9.17) is 0 Å². The van der Waals surface area contributed by atoms with E-state index in [0.717, 1.165) is 15.7 Å². The molecule has 0 aromatic heterocycles. The molecular formula is C18H19BrN2O2. The Morgan fingerprint density at radius 1 is 1.09 bits per heavy atom. The molecule has 0 spiro atoms. The molecule has 0 unspecified atom stereocenters. The van der Waals surface area contributed by atoms with Crippen LogP contribution in [0.4, 0.5) is 5.69 Å². The summed E-state index contributed by atoms with van der Waals surface area (Å²) in [6.45, 7) is 4.32. The molecule has 1 N–H and O–H groups in total. The highest BCUT2D eigenvalue weighted by atomic mass is 79.9. The Hall–Kier alpha value is -2.14. The Kier molecular flexibility index (Phi) is 5.93.